The summed E-state index contributed by atoms with van der Waals surface area (Å²) in [6.07, 6.45) is 0.162. The van der Waals surface area contributed by atoms with Crippen molar-refractivity contribution in [3.63, 3.8) is 0 Å². The Balaban J connectivity index is 1.97. The molecule has 0 aromatic heterocycles. The summed E-state index contributed by atoms with van der Waals surface area (Å²) in [5.41, 5.74) is 0. The van der Waals surface area contributed by atoms with Crippen LogP contribution in [0, 0.1) is 0 Å². The highest BCUT2D eigenvalue weighted by molar-refractivity contribution is 5.31. The van der Waals surface area contributed by atoms with Gasteiger partial charge in [0.1, 0.15) is 17.6 Å². The molecule has 2 atom stereocenters. The van der Waals surface area contributed by atoms with Crippen molar-refractivity contribution in [1.82, 2.24) is 0 Å². The van der Waals surface area contributed by atoms with Gasteiger partial charge in [-0.05, 0) is 31.2 Å². The number of benzene rings is 1. The molecule has 1 heterocycles. The van der Waals surface area contributed by atoms with Gasteiger partial charge in [0, 0.05) is 0 Å². The lowest BCUT2D eigenvalue weighted by molar-refractivity contribution is 0.178. The molecule has 1 aliphatic rings. The first-order valence-corrected chi connectivity index (χ1v) is 4.26. The third kappa shape index (κ3) is 1.92. The number of rotatable bonds is 3. The highest BCUT2D eigenvalue weighted by Crippen LogP contribution is 2.26. The van der Waals surface area contributed by atoms with Gasteiger partial charge < -0.3 is 14.2 Å². The Morgan fingerprint density at radius 2 is 1.69 bits per heavy atom. The highest BCUT2D eigenvalue weighted by atomic mass is 16.8. The van der Waals surface area contributed by atoms with Crippen LogP contribution >= 0.6 is 0 Å². The lowest BCUT2D eigenvalue weighted by atomic mass is 10.3. The van der Waals surface area contributed by atoms with Crippen LogP contribution in [0.2, 0.25) is 0 Å². The number of epoxide rings is 1. The van der Waals surface area contributed by atoms with Crippen molar-refractivity contribution in [2.75, 3.05) is 7.11 Å². The van der Waals surface area contributed by atoms with Gasteiger partial charge in [0.25, 0.3) is 0 Å². The zero-order valence-corrected chi connectivity index (χ0v) is 7.69. The zero-order valence-electron chi connectivity index (χ0n) is 7.69. The van der Waals surface area contributed by atoms with E-state index < -0.39 is 0 Å². The van der Waals surface area contributed by atoms with Gasteiger partial charge in [0.2, 0.25) is 6.29 Å². The molecule has 13 heavy (non-hydrogen) atoms. The van der Waals surface area contributed by atoms with E-state index in [-0.39, 0.29) is 12.4 Å². The minimum absolute atomic E-state index is 0.0617. The van der Waals surface area contributed by atoms with Gasteiger partial charge in [-0.25, -0.2) is 0 Å². The van der Waals surface area contributed by atoms with Crippen LogP contribution < -0.4 is 9.47 Å². The van der Waals surface area contributed by atoms with E-state index in [0.717, 1.165) is 11.5 Å². The molecule has 2 unspecified atom stereocenters. The molecule has 0 N–H and O–H groups in total. The van der Waals surface area contributed by atoms with Crippen LogP contribution in [0.1, 0.15) is 6.92 Å². The predicted molar refractivity (Wildman–Crippen MR) is 48.0 cm³/mol. The Labute approximate surface area is 77.2 Å². The summed E-state index contributed by atoms with van der Waals surface area (Å²) in [6.45, 7) is 1.98. The summed E-state index contributed by atoms with van der Waals surface area (Å²) in [7, 11) is 1.64. The normalized spacial score (nSPS) is 25.4. The molecule has 0 aliphatic carbocycles. The van der Waals surface area contributed by atoms with Crippen molar-refractivity contribution < 1.29 is 14.2 Å². The van der Waals surface area contributed by atoms with Crippen LogP contribution in [0.15, 0.2) is 24.3 Å². The number of hydrogen-bond acceptors (Lipinski definition) is 3. The van der Waals surface area contributed by atoms with Crippen LogP contribution in [-0.4, -0.2) is 19.5 Å². The first kappa shape index (κ1) is 8.38. The quantitative estimate of drug-likeness (QED) is 0.665. The third-order valence-electron chi connectivity index (χ3n) is 1.97. The summed E-state index contributed by atoms with van der Waals surface area (Å²) in [4.78, 5) is 0. The van der Waals surface area contributed by atoms with Gasteiger partial charge in [-0.1, -0.05) is 0 Å². The monoisotopic (exact) mass is 180 g/mol. The molecular formula is C10H12O3. The maximum atomic E-state index is 5.46. The Morgan fingerprint density at radius 3 is 2.15 bits per heavy atom. The zero-order chi connectivity index (χ0) is 9.26. The molecule has 0 saturated carbocycles. The van der Waals surface area contributed by atoms with E-state index in [1.165, 1.54) is 0 Å². The maximum absolute atomic E-state index is 5.46. The van der Waals surface area contributed by atoms with Gasteiger partial charge in [-0.3, -0.25) is 0 Å². The lowest BCUT2D eigenvalue weighted by Crippen LogP contribution is -2.00. The molecule has 70 valence electrons. The third-order valence-corrected chi connectivity index (χ3v) is 1.97. The van der Waals surface area contributed by atoms with Gasteiger partial charge in [0.05, 0.1) is 7.11 Å². The van der Waals surface area contributed by atoms with E-state index in [0.29, 0.717) is 0 Å². The average Bonchev–Trinajstić information content (AvgIpc) is 2.83. The molecule has 1 saturated heterocycles. The fourth-order valence-corrected chi connectivity index (χ4v) is 1.08. The van der Waals surface area contributed by atoms with Crippen molar-refractivity contribution in [3.8, 4) is 11.5 Å². The summed E-state index contributed by atoms with van der Waals surface area (Å²) in [5, 5.41) is 0. The van der Waals surface area contributed by atoms with E-state index in [9.17, 15) is 0 Å². The second-order valence-corrected chi connectivity index (χ2v) is 3.00. The molecule has 0 spiro atoms. The Hall–Kier alpha value is -1.22. The van der Waals surface area contributed by atoms with Gasteiger partial charge in [-0.15, -0.1) is 0 Å². The fraction of sp³-hybridized carbons (Fsp3) is 0.400. The fourth-order valence-electron chi connectivity index (χ4n) is 1.08. The van der Waals surface area contributed by atoms with Crippen molar-refractivity contribution in [3.05, 3.63) is 24.3 Å². The van der Waals surface area contributed by atoms with E-state index in [1.807, 2.05) is 31.2 Å². The number of methoxy groups -OCH3 is 1. The Kier molecular flexibility index (Phi) is 2.10. The van der Waals surface area contributed by atoms with Crippen molar-refractivity contribution >= 4 is 0 Å². The first-order valence-electron chi connectivity index (χ1n) is 4.26. The van der Waals surface area contributed by atoms with E-state index in [2.05, 4.69) is 0 Å². The van der Waals surface area contributed by atoms with Crippen molar-refractivity contribution in [1.29, 1.82) is 0 Å². The minimum Gasteiger partial charge on any atom is -0.497 e. The molecule has 1 aliphatic heterocycles. The van der Waals surface area contributed by atoms with Crippen molar-refractivity contribution in [2.45, 2.75) is 19.3 Å². The SMILES string of the molecule is COc1ccc(OC2OC2C)cc1. The average molecular weight is 180 g/mol. The highest BCUT2D eigenvalue weighted by Gasteiger charge is 2.36. The molecule has 0 amide bonds. The maximum Gasteiger partial charge on any atom is 0.226 e. The molecule has 0 radical (unpaired) electrons. The molecule has 2 rings (SSSR count). The molecular weight excluding hydrogens is 168 g/mol. The van der Waals surface area contributed by atoms with Crippen LogP contribution in [-0.2, 0) is 4.74 Å². The van der Waals surface area contributed by atoms with Crippen LogP contribution in [0.3, 0.4) is 0 Å². The predicted octanol–water partition coefficient (Wildman–Crippen LogP) is 1.82. The molecule has 3 heteroatoms. The second-order valence-electron chi connectivity index (χ2n) is 3.00. The Bertz CT molecular complexity index is 281. The topological polar surface area (TPSA) is 31.0 Å². The molecule has 3 nitrogen and oxygen atoms in total. The van der Waals surface area contributed by atoms with Crippen LogP contribution in [0.25, 0.3) is 0 Å². The van der Waals surface area contributed by atoms with Gasteiger partial charge >= 0.3 is 0 Å². The minimum atomic E-state index is -0.0617. The lowest BCUT2D eigenvalue weighted by Gasteiger charge is -2.03. The molecule has 1 aromatic rings. The summed E-state index contributed by atoms with van der Waals surface area (Å²) < 4.78 is 15.6. The summed E-state index contributed by atoms with van der Waals surface area (Å²) >= 11 is 0. The summed E-state index contributed by atoms with van der Waals surface area (Å²) in [6, 6.07) is 7.46. The smallest absolute Gasteiger partial charge is 0.226 e. The Morgan fingerprint density at radius 1 is 1.15 bits per heavy atom. The number of ether oxygens (including phenoxy) is 3. The summed E-state index contributed by atoms with van der Waals surface area (Å²) in [5.74, 6) is 1.65. The second kappa shape index (κ2) is 3.26. The molecule has 1 aromatic carbocycles. The standard InChI is InChI=1S/C10H12O3/c1-7-10(12-7)13-9-5-3-8(11-2)4-6-9/h3-7,10H,1-2H3. The first-order chi connectivity index (χ1) is 6.29. The number of hydrogen-bond donors (Lipinski definition) is 0. The molecule has 0 bridgehead atoms. The van der Waals surface area contributed by atoms with Gasteiger partial charge in [0.15, 0.2) is 0 Å². The van der Waals surface area contributed by atoms with E-state index in [4.69, 9.17) is 14.2 Å². The van der Waals surface area contributed by atoms with Crippen molar-refractivity contribution in [2.24, 2.45) is 0 Å². The van der Waals surface area contributed by atoms with Crippen LogP contribution in [0.5, 0.6) is 11.5 Å². The largest absolute Gasteiger partial charge is 0.497 e. The molecule has 1 fully saturated rings. The van der Waals surface area contributed by atoms with Crippen LogP contribution in [0.4, 0.5) is 0 Å². The van der Waals surface area contributed by atoms with E-state index >= 15 is 0 Å². The van der Waals surface area contributed by atoms with Gasteiger partial charge in [-0.2, -0.15) is 0 Å². The van der Waals surface area contributed by atoms with E-state index in [1.54, 1.807) is 7.11 Å².